The minimum absolute atomic E-state index is 0.225. The number of ether oxygens (including phenoxy) is 1. The van der Waals surface area contributed by atoms with E-state index in [4.69, 9.17) is 10.5 Å². The molecule has 100 valence electrons. The number of rotatable bonds is 6. The number of nitrogens with two attached hydrogens (primary N) is 1. The second-order valence-corrected chi connectivity index (χ2v) is 5.06. The van der Waals surface area contributed by atoms with Crippen LogP contribution in [0.2, 0.25) is 0 Å². The van der Waals surface area contributed by atoms with E-state index >= 15 is 0 Å². The normalized spacial score (nSPS) is 14.0. The lowest BCUT2D eigenvalue weighted by atomic mass is 10.0. The first-order chi connectivity index (χ1) is 8.49. The maximum atomic E-state index is 11.5. The van der Waals surface area contributed by atoms with Crippen LogP contribution in [-0.4, -0.2) is 19.1 Å². The zero-order valence-electron chi connectivity index (χ0n) is 10.9. The fraction of sp³-hybridized carbons (Fsp3) is 0.462. The van der Waals surface area contributed by atoms with Crippen LogP contribution in [0.5, 0.6) is 5.75 Å². The summed E-state index contributed by atoms with van der Waals surface area (Å²) in [5, 5.41) is 3.21. The third-order valence-corrected chi connectivity index (χ3v) is 3.48. The van der Waals surface area contributed by atoms with Crippen molar-refractivity contribution < 1.29 is 9.53 Å². The summed E-state index contributed by atoms with van der Waals surface area (Å²) in [4.78, 5) is 11.5. The van der Waals surface area contributed by atoms with E-state index in [1.165, 1.54) is 0 Å². The molecule has 1 rings (SSSR count). The Morgan fingerprint density at radius 3 is 2.67 bits per heavy atom. The van der Waals surface area contributed by atoms with Crippen LogP contribution in [0.1, 0.15) is 31.9 Å². The highest BCUT2D eigenvalue weighted by molar-refractivity contribution is 9.10. The molecule has 0 fully saturated rings. The van der Waals surface area contributed by atoms with Crippen LogP contribution >= 0.6 is 15.9 Å². The molecule has 0 aliphatic heterocycles. The number of halogens is 1. The molecule has 0 aromatic heterocycles. The largest absolute Gasteiger partial charge is 0.496 e. The zero-order chi connectivity index (χ0) is 13.7. The molecular formula is C13H19BrN2O2. The molecule has 18 heavy (non-hydrogen) atoms. The van der Waals surface area contributed by atoms with Crippen LogP contribution in [0.25, 0.3) is 0 Å². The predicted octanol–water partition coefficient (Wildman–Crippen LogP) is 2.37. The third-order valence-electron chi connectivity index (χ3n) is 2.86. The van der Waals surface area contributed by atoms with Gasteiger partial charge in [-0.25, -0.2) is 0 Å². The van der Waals surface area contributed by atoms with Crippen molar-refractivity contribution in [3.63, 3.8) is 0 Å². The smallest absolute Gasteiger partial charge is 0.239 e. The molecule has 3 N–H and O–H groups in total. The van der Waals surface area contributed by atoms with Crippen LogP contribution in [0.4, 0.5) is 0 Å². The molecule has 1 aromatic rings. The van der Waals surface area contributed by atoms with Gasteiger partial charge >= 0.3 is 0 Å². The van der Waals surface area contributed by atoms with Gasteiger partial charge in [-0.2, -0.15) is 0 Å². The summed E-state index contributed by atoms with van der Waals surface area (Å²) in [7, 11) is 1.60. The molecule has 0 radical (unpaired) electrons. The fourth-order valence-electron chi connectivity index (χ4n) is 1.61. The van der Waals surface area contributed by atoms with Crippen molar-refractivity contribution in [3.8, 4) is 5.75 Å². The highest BCUT2D eigenvalue weighted by Crippen LogP contribution is 2.28. The summed E-state index contributed by atoms with van der Waals surface area (Å²) in [5.74, 6) is 0.345. The van der Waals surface area contributed by atoms with E-state index in [1.54, 1.807) is 7.11 Å². The Hall–Kier alpha value is -1.07. The first-order valence-electron chi connectivity index (χ1n) is 5.88. The Morgan fingerprint density at radius 1 is 1.56 bits per heavy atom. The summed E-state index contributed by atoms with van der Waals surface area (Å²) in [5.41, 5.74) is 6.27. The van der Waals surface area contributed by atoms with Gasteiger partial charge in [-0.15, -0.1) is 0 Å². The number of nitrogens with one attached hydrogen (secondary N) is 1. The van der Waals surface area contributed by atoms with Gasteiger partial charge in [0.05, 0.1) is 11.6 Å². The summed E-state index contributed by atoms with van der Waals surface area (Å²) in [6.45, 7) is 4.08. The molecule has 1 aromatic carbocycles. The number of carbonyl (C=O) groups is 1. The zero-order valence-corrected chi connectivity index (χ0v) is 12.5. The van der Waals surface area contributed by atoms with Crippen LogP contribution in [0, 0.1) is 0 Å². The van der Waals surface area contributed by atoms with Gasteiger partial charge in [0.2, 0.25) is 5.91 Å². The summed E-state index contributed by atoms with van der Waals surface area (Å²) < 4.78 is 5.96. The number of benzene rings is 1. The number of amides is 1. The van der Waals surface area contributed by atoms with Crippen molar-refractivity contribution in [2.75, 3.05) is 7.11 Å². The molecule has 1 amide bonds. The van der Waals surface area contributed by atoms with Gasteiger partial charge in [-0.1, -0.05) is 13.0 Å². The van der Waals surface area contributed by atoms with E-state index < -0.39 is 6.04 Å². The molecule has 5 heteroatoms. The molecule has 2 atom stereocenters. The van der Waals surface area contributed by atoms with Crippen molar-refractivity contribution in [2.45, 2.75) is 32.4 Å². The van der Waals surface area contributed by atoms with Crippen molar-refractivity contribution in [3.05, 3.63) is 28.2 Å². The van der Waals surface area contributed by atoms with Gasteiger partial charge in [0.25, 0.3) is 0 Å². The van der Waals surface area contributed by atoms with Gasteiger partial charge in [0.15, 0.2) is 0 Å². The molecule has 0 saturated heterocycles. The van der Waals surface area contributed by atoms with E-state index in [0.717, 1.165) is 22.2 Å². The predicted molar refractivity (Wildman–Crippen MR) is 75.5 cm³/mol. The van der Waals surface area contributed by atoms with Crippen molar-refractivity contribution in [1.29, 1.82) is 0 Å². The Morgan fingerprint density at radius 2 is 2.22 bits per heavy atom. The Kier molecular flexibility index (Phi) is 5.62. The molecular weight excluding hydrogens is 296 g/mol. The highest BCUT2D eigenvalue weighted by Gasteiger charge is 2.20. The molecule has 0 saturated carbocycles. The summed E-state index contributed by atoms with van der Waals surface area (Å²) >= 11 is 3.40. The average molecular weight is 315 g/mol. The standard InChI is InChI=1S/C13H19BrN2O2/c1-4-8(2)16-12(13(15)17)9-5-6-11(18-3)10(14)7-9/h5-8,12,16H,4H2,1-3H3,(H2,15,17). The van der Waals surface area contributed by atoms with Gasteiger partial charge in [0, 0.05) is 6.04 Å². The maximum Gasteiger partial charge on any atom is 0.239 e. The molecule has 0 aliphatic rings. The minimum Gasteiger partial charge on any atom is -0.496 e. The molecule has 0 spiro atoms. The van der Waals surface area contributed by atoms with Crippen LogP contribution in [0.3, 0.4) is 0 Å². The number of methoxy groups -OCH3 is 1. The Balaban J connectivity index is 2.99. The number of hydrogen-bond acceptors (Lipinski definition) is 3. The monoisotopic (exact) mass is 314 g/mol. The number of hydrogen-bond donors (Lipinski definition) is 2. The second kappa shape index (κ2) is 6.75. The van der Waals surface area contributed by atoms with E-state index in [9.17, 15) is 4.79 Å². The van der Waals surface area contributed by atoms with Crippen molar-refractivity contribution in [1.82, 2.24) is 5.32 Å². The first-order valence-corrected chi connectivity index (χ1v) is 6.67. The van der Waals surface area contributed by atoms with Crippen LogP contribution < -0.4 is 15.8 Å². The van der Waals surface area contributed by atoms with Crippen molar-refractivity contribution in [2.24, 2.45) is 5.73 Å². The van der Waals surface area contributed by atoms with E-state index in [2.05, 4.69) is 28.2 Å². The van der Waals surface area contributed by atoms with Crippen LogP contribution in [0.15, 0.2) is 22.7 Å². The molecule has 0 aliphatic carbocycles. The minimum atomic E-state index is -0.484. The third kappa shape index (κ3) is 3.71. The lowest BCUT2D eigenvalue weighted by molar-refractivity contribution is -0.120. The maximum absolute atomic E-state index is 11.5. The summed E-state index contributed by atoms with van der Waals surface area (Å²) in [6, 6.07) is 5.25. The van der Waals surface area contributed by atoms with Gasteiger partial charge in [-0.3, -0.25) is 10.1 Å². The Labute approximate surface area is 116 Å². The average Bonchev–Trinajstić information content (AvgIpc) is 2.35. The highest BCUT2D eigenvalue weighted by atomic mass is 79.9. The topological polar surface area (TPSA) is 64.3 Å². The van der Waals surface area contributed by atoms with Gasteiger partial charge < -0.3 is 10.5 Å². The first kappa shape index (κ1) is 15.0. The van der Waals surface area contributed by atoms with E-state index in [0.29, 0.717) is 0 Å². The fourth-order valence-corrected chi connectivity index (χ4v) is 2.17. The number of carbonyl (C=O) groups excluding carboxylic acids is 1. The molecule has 4 nitrogen and oxygen atoms in total. The quantitative estimate of drug-likeness (QED) is 0.847. The molecule has 0 heterocycles. The van der Waals surface area contributed by atoms with Crippen molar-refractivity contribution >= 4 is 21.8 Å². The molecule has 0 bridgehead atoms. The van der Waals surface area contributed by atoms with Gasteiger partial charge in [-0.05, 0) is 47.0 Å². The lowest BCUT2D eigenvalue weighted by Crippen LogP contribution is -2.38. The number of primary amides is 1. The van der Waals surface area contributed by atoms with E-state index in [1.807, 2.05) is 25.1 Å². The summed E-state index contributed by atoms with van der Waals surface area (Å²) in [6.07, 6.45) is 0.932. The van der Waals surface area contributed by atoms with E-state index in [-0.39, 0.29) is 11.9 Å². The molecule has 2 unspecified atom stereocenters. The SMILES string of the molecule is CCC(C)NC(C(N)=O)c1ccc(OC)c(Br)c1. The Bertz CT molecular complexity index is 423. The van der Waals surface area contributed by atoms with Gasteiger partial charge in [0.1, 0.15) is 11.8 Å². The lowest BCUT2D eigenvalue weighted by Gasteiger charge is -2.20. The second-order valence-electron chi connectivity index (χ2n) is 4.21. The van der Waals surface area contributed by atoms with Crippen LogP contribution in [-0.2, 0) is 4.79 Å².